The third-order valence-electron chi connectivity index (χ3n) is 4.64. The van der Waals surface area contributed by atoms with E-state index in [-0.39, 0.29) is 11.9 Å². The summed E-state index contributed by atoms with van der Waals surface area (Å²) in [7, 11) is 0. The predicted octanol–water partition coefficient (Wildman–Crippen LogP) is 4.37. The molecule has 2 amide bonds. The van der Waals surface area contributed by atoms with Crippen molar-refractivity contribution in [3.05, 3.63) is 47.8 Å². The van der Waals surface area contributed by atoms with Crippen molar-refractivity contribution in [3.8, 4) is 11.1 Å². The Morgan fingerprint density at radius 3 is 2.63 bits per heavy atom. The van der Waals surface area contributed by atoms with Crippen LogP contribution in [0.3, 0.4) is 0 Å². The fraction of sp³-hybridized carbons (Fsp3) is 0.429. The normalized spacial score (nSPS) is 16.6. The van der Waals surface area contributed by atoms with E-state index >= 15 is 0 Å². The van der Waals surface area contributed by atoms with E-state index in [0.717, 1.165) is 12.1 Å². The molecule has 1 atom stereocenters. The molecule has 0 fully saturated rings. The Balaban J connectivity index is 1.76. The van der Waals surface area contributed by atoms with E-state index in [1.165, 1.54) is 6.07 Å². The number of carbonyl (C=O) groups is 2. The Labute approximate surface area is 172 Å². The third kappa shape index (κ3) is 5.14. The van der Waals surface area contributed by atoms with Gasteiger partial charge in [-0.3, -0.25) is 4.79 Å². The monoisotopic (exact) mass is 423 g/mol. The standard InChI is InChI=1S/C21H24F3N3O3/c1-20(2,3)30-19(29)25-8-7-16-11-26-18(28)17-10-14(12-27(16)17)13-5-4-6-15(9-13)21(22,23)24/h4-6,9-10,12,16H,7-8,11H2,1-3H3,(H,25,29)(H,26,28). The highest BCUT2D eigenvalue weighted by molar-refractivity contribution is 5.95. The van der Waals surface area contributed by atoms with E-state index in [1.807, 2.05) is 0 Å². The number of halogens is 3. The van der Waals surface area contributed by atoms with E-state index in [2.05, 4.69) is 10.6 Å². The first-order valence-corrected chi connectivity index (χ1v) is 9.58. The van der Waals surface area contributed by atoms with E-state index in [0.29, 0.717) is 36.3 Å². The van der Waals surface area contributed by atoms with E-state index in [1.54, 1.807) is 43.7 Å². The molecule has 2 heterocycles. The van der Waals surface area contributed by atoms with Crippen molar-refractivity contribution in [1.29, 1.82) is 0 Å². The molecule has 2 aromatic rings. The molecule has 0 saturated heterocycles. The second kappa shape index (κ2) is 8.04. The van der Waals surface area contributed by atoms with Gasteiger partial charge in [-0.25, -0.2) is 4.79 Å². The molecule has 0 radical (unpaired) electrons. The maximum absolute atomic E-state index is 13.0. The van der Waals surface area contributed by atoms with E-state index in [9.17, 15) is 22.8 Å². The number of ether oxygens (including phenoxy) is 1. The molecule has 1 aliphatic heterocycles. The van der Waals surface area contributed by atoms with Gasteiger partial charge in [-0.1, -0.05) is 12.1 Å². The van der Waals surface area contributed by atoms with Crippen LogP contribution in [0, 0.1) is 0 Å². The minimum absolute atomic E-state index is 0.146. The van der Waals surface area contributed by atoms with Crippen molar-refractivity contribution in [3.63, 3.8) is 0 Å². The Bertz CT molecular complexity index is 945. The van der Waals surface area contributed by atoms with Gasteiger partial charge >= 0.3 is 12.3 Å². The van der Waals surface area contributed by atoms with E-state index in [4.69, 9.17) is 4.74 Å². The number of alkyl halides is 3. The molecular formula is C21H24F3N3O3. The fourth-order valence-corrected chi connectivity index (χ4v) is 3.29. The van der Waals surface area contributed by atoms with Crippen LogP contribution in [-0.4, -0.2) is 35.3 Å². The number of fused-ring (bicyclic) bond motifs is 1. The van der Waals surface area contributed by atoms with Crippen LogP contribution in [0.15, 0.2) is 36.5 Å². The number of nitrogens with one attached hydrogen (secondary N) is 2. The molecular weight excluding hydrogens is 399 g/mol. The van der Waals surface area contributed by atoms with Crippen LogP contribution in [0.4, 0.5) is 18.0 Å². The number of aromatic nitrogens is 1. The number of amides is 2. The van der Waals surface area contributed by atoms with Crippen LogP contribution in [0.25, 0.3) is 11.1 Å². The third-order valence-corrected chi connectivity index (χ3v) is 4.64. The lowest BCUT2D eigenvalue weighted by atomic mass is 10.1. The molecule has 1 aliphatic rings. The highest BCUT2D eigenvalue weighted by atomic mass is 19.4. The minimum Gasteiger partial charge on any atom is -0.444 e. The Kier molecular flexibility index (Phi) is 5.83. The zero-order valence-corrected chi connectivity index (χ0v) is 17.0. The van der Waals surface area contributed by atoms with E-state index < -0.39 is 23.4 Å². The molecule has 1 aromatic carbocycles. The van der Waals surface area contributed by atoms with Crippen molar-refractivity contribution in [2.45, 2.75) is 45.0 Å². The van der Waals surface area contributed by atoms with Crippen LogP contribution >= 0.6 is 0 Å². The molecule has 9 heteroatoms. The van der Waals surface area contributed by atoms with Crippen molar-refractivity contribution in [2.75, 3.05) is 13.1 Å². The lowest BCUT2D eigenvalue weighted by molar-refractivity contribution is -0.137. The summed E-state index contributed by atoms with van der Waals surface area (Å²) in [5, 5.41) is 5.46. The van der Waals surface area contributed by atoms with Gasteiger partial charge in [-0.2, -0.15) is 13.2 Å². The summed E-state index contributed by atoms with van der Waals surface area (Å²) in [6.07, 6.45) is -2.77. The molecule has 1 aromatic heterocycles. The van der Waals surface area contributed by atoms with Gasteiger partial charge < -0.3 is 19.9 Å². The Morgan fingerprint density at radius 2 is 1.97 bits per heavy atom. The lowest BCUT2D eigenvalue weighted by Crippen LogP contribution is -2.40. The summed E-state index contributed by atoms with van der Waals surface area (Å²) in [5.41, 5.74) is -0.0674. The van der Waals surface area contributed by atoms with Crippen LogP contribution < -0.4 is 10.6 Å². The second-order valence-electron chi connectivity index (χ2n) is 8.18. The molecule has 162 valence electrons. The molecule has 0 bridgehead atoms. The smallest absolute Gasteiger partial charge is 0.416 e. The summed E-state index contributed by atoms with van der Waals surface area (Å²) in [4.78, 5) is 24.0. The average Bonchev–Trinajstić information content (AvgIpc) is 3.08. The van der Waals surface area contributed by atoms with Crippen LogP contribution in [0.5, 0.6) is 0 Å². The second-order valence-corrected chi connectivity index (χ2v) is 8.18. The molecule has 30 heavy (non-hydrogen) atoms. The number of rotatable bonds is 4. The molecule has 0 aliphatic carbocycles. The van der Waals surface area contributed by atoms with Gasteiger partial charge in [0.25, 0.3) is 5.91 Å². The quantitative estimate of drug-likeness (QED) is 0.767. The van der Waals surface area contributed by atoms with Crippen LogP contribution in [0.1, 0.15) is 49.3 Å². The topological polar surface area (TPSA) is 72.4 Å². The number of nitrogens with zero attached hydrogens (tertiary/aromatic N) is 1. The number of carbonyl (C=O) groups excluding carboxylic acids is 2. The largest absolute Gasteiger partial charge is 0.444 e. The molecule has 2 N–H and O–H groups in total. The van der Waals surface area contributed by atoms with Gasteiger partial charge in [0.05, 0.1) is 11.6 Å². The van der Waals surface area contributed by atoms with Gasteiger partial charge in [0.2, 0.25) is 0 Å². The van der Waals surface area contributed by atoms with Crippen molar-refractivity contribution >= 4 is 12.0 Å². The SMILES string of the molecule is CC(C)(C)OC(=O)NCCC1CNC(=O)c2cc(-c3cccc(C(F)(F)F)c3)cn21. The summed E-state index contributed by atoms with van der Waals surface area (Å²) in [5.74, 6) is -0.287. The first-order chi connectivity index (χ1) is 13.9. The summed E-state index contributed by atoms with van der Waals surface area (Å²) < 4.78 is 46.0. The minimum atomic E-state index is -4.44. The van der Waals surface area contributed by atoms with Crippen molar-refractivity contribution < 1.29 is 27.5 Å². The fourth-order valence-electron chi connectivity index (χ4n) is 3.29. The van der Waals surface area contributed by atoms with Crippen LogP contribution in [-0.2, 0) is 10.9 Å². The van der Waals surface area contributed by atoms with Gasteiger partial charge in [-0.05, 0) is 51.0 Å². The number of hydrogen-bond acceptors (Lipinski definition) is 3. The summed E-state index contributed by atoms with van der Waals surface area (Å²) in [6, 6.07) is 6.44. The number of alkyl carbamates (subject to hydrolysis) is 1. The molecule has 0 saturated carbocycles. The average molecular weight is 423 g/mol. The number of benzene rings is 1. The highest BCUT2D eigenvalue weighted by Crippen LogP contribution is 2.33. The maximum atomic E-state index is 13.0. The van der Waals surface area contributed by atoms with Crippen molar-refractivity contribution in [1.82, 2.24) is 15.2 Å². The van der Waals surface area contributed by atoms with Gasteiger partial charge in [0.1, 0.15) is 11.3 Å². The summed E-state index contributed by atoms with van der Waals surface area (Å²) >= 11 is 0. The lowest BCUT2D eigenvalue weighted by Gasteiger charge is -2.27. The van der Waals surface area contributed by atoms with Gasteiger partial charge in [0.15, 0.2) is 0 Å². The maximum Gasteiger partial charge on any atom is 0.416 e. The zero-order valence-electron chi connectivity index (χ0n) is 17.0. The molecule has 3 rings (SSSR count). The highest BCUT2D eigenvalue weighted by Gasteiger charge is 2.31. The zero-order chi connectivity index (χ0) is 22.1. The first-order valence-electron chi connectivity index (χ1n) is 9.58. The number of hydrogen-bond donors (Lipinski definition) is 2. The molecule has 1 unspecified atom stereocenters. The summed E-state index contributed by atoms with van der Waals surface area (Å²) in [6.45, 7) is 5.99. The van der Waals surface area contributed by atoms with Crippen LogP contribution in [0.2, 0.25) is 0 Å². The van der Waals surface area contributed by atoms with Crippen molar-refractivity contribution in [2.24, 2.45) is 0 Å². The van der Waals surface area contributed by atoms with Gasteiger partial charge in [-0.15, -0.1) is 0 Å². The first kappa shape index (κ1) is 21.7. The molecule has 6 nitrogen and oxygen atoms in total. The Hall–Kier alpha value is -2.97. The van der Waals surface area contributed by atoms with Gasteiger partial charge in [0, 0.05) is 24.8 Å². The molecule has 0 spiro atoms. The predicted molar refractivity (Wildman–Crippen MR) is 105 cm³/mol. The Morgan fingerprint density at radius 1 is 1.23 bits per heavy atom.